The van der Waals surface area contributed by atoms with E-state index in [2.05, 4.69) is 5.32 Å². The largest absolute Gasteiger partial charge is 0.411 e. The molecule has 0 atom stereocenters. The van der Waals surface area contributed by atoms with Gasteiger partial charge in [-0.1, -0.05) is 4.32 Å². The molecule has 4 heteroatoms. The third-order valence-electron chi connectivity index (χ3n) is 1.76. The Morgan fingerprint density at radius 3 is 2.64 bits per heavy atom. The maximum absolute atomic E-state index is 5.74. The molecule has 0 amide bonds. The Bertz CT molecular complexity index is 199. The number of thiocarbonyl (C=S) groups is 1. The van der Waals surface area contributed by atoms with Gasteiger partial charge in [-0.25, -0.2) is 0 Å². The summed E-state index contributed by atoms with van der Waals surface area (Å²) in [4.78, 5) is 0. The van der Waals surface area contributed by atoms with Crippen LogP contribution in [0.15, 0.2) is 11.4 Å². The Labute approximate surface area is 77.6 Å². The van der Waals surface area contributed by atoms with Gasteiger partial charge in [0.05, 0.1) is 0 Å². The summed E-state index contributed by atoms with van der Waals surface area (Å²) in [5.74, 6) is 0. The highest BCUT2D eigenvalue weighted by atomic mass is 32.1. The molecule has 1 rings (SSSR count). The van der Waals surface area contributed by atoms with Crippen molar-refractivity contribution >= 4 is 29.2 Å². The van der Waals surface area contributed by atoms with Crippen molar-refractivity contribution in [3.05, 3.63) is 11.4 Å². The van der Waals surface area contributed by atoms with Crippen molar-refractivity contribution < 1.29 is 0 Å². The molecular weight excluding hydrogens is 176 g/mol. The molecule has 0 radical (unpaired) electrons. The Hall–Kier alpha value is -0.350. The number of hydrogen-bond donors (Lipinski definition) is 2. The van der Waals surface area contributed by atoms with Gasteiger partial charge in [0.2, 0.25) is 0 Å². The van der Waals surface area contributed by atoms with Gasteiger partial charge in [0, 0.05) is 11.4 Å². The highest BCUT2D eigenvalue weighted by Crippen LogP contribution is 2.18. The van der Waals surface area contributed by atoms with E-state index in [1.807, 2.05) is 0 Å². The van der Waals surface area contributed by atoms with Gasteiger partial charge < -0.3 is 35.9 Å². The maximum Gasteiger partial charge on any atom is 0.0328 e. The van der Waals surface area contributed by atoms with Gasteiger partial charge in [-0.05, 0) is 25.7 Å². The van der Waals surface area contributed by atoms with Crippen LogP contribution in [0.3, 0.4) is 0 Å². The smallest absolute Gasteiger partial charge is 0.0328 e. The van der Waals surface area contributed by atoms with Crippen molar-refractivity contribution in [2.75, 3.05) is 0 Å². The molecule has 62 valence electrons. The molecular formula is C7H11N2S2-. The van der Waals surface area contributed by atoms with Gasteiger partial charge in [-0.3, -0.25) is 0 Å². The minimum Gasteiger partial charge on any atom is -0.411 e. The van der Waals surface area contributed by atoms with E-state index in [1.54, 1.807) is 0 Å². The van der Waals surface area contributed by atoms with E-state index < -0.39 is 0 Å². The molecule has 3 N–H and O–H groups in total. The van der Waals surface area contributed by atoms with Crippen LogP contribution in [-0.4, -0.2) is 4.32 Å². The zero-order valence-electron chi connectivity index (χ0n) is 6.22. The molecule has 11 heavy (non-hydrogen) atoms. The van der Waals surface area contributed by atoms with E-state index in [-0.39, 0.29) is 0 Å². The molecule has 0 saturated heterocycles. The highest BCUT2D eigenvalue weighted by Gasteiger charge is 2.07. The summed E-state index contributed by atoms with van der Waals surface area (Å²) in [6.45, 7) is 0. The van der Waals surface area contributed by atoms with Gasteiger partial charge in [0.15, 0.2) is 0 Å². The standard InChI is InChI=1S/C7H12N2S2/c8-5-3-1-2-4-6(5)9-7(10)11/h1-4,8H2,(H2,9,10,11)/p-1. The summed E-state index contributed by atoms with van der Waals surface area (Å²) >= 11 is 9.49. The second-order valence-corrected chi connectivity index (χ2v) is 3.70. The molecule has 1 aliphatic carbocycles. The van der Waals surface area contributed by atoms with Crippen LogP contribution in [0.4, 0.5) is 0 Å². The van der Waals surface area contributed by atoms with Crippen LogP contribution in [-0.2, 0) is 12.6 Å². The SMILES string of the molecule is NC1=C(NC(=S)[S-])CCCC1. The summed E-state index contributed by atoms with van der Waals surface area (Å²) in [6.07, 6.45) is 4.32. The lowest BCUT2D eigenvalue weighted by atomic mass is 10.0. The molecule has 0 saturated carbocycles. The zero-order valence-corrected chi connectivity index (χ0v) is 7.86. The van der Waals surface area contributed by atoms with Gasteiger partial charge in [0.1, 0.15) is 0 Å². The fraction of sp³-hybridized carbons (Fsp3) is 0.571. The summed E-state index contributed by atoms with van der Waals surface area (Å²) in [5, 5.41) is 2.93. The van der Waals surface area contributed by atoms with Gasteiger partial charge in [-0.15, -0.1) is 0 Å². The first-order valence-electron chi connectivity index (χ1n) is 3.65. The molecule has 0 aromatic carbocycles. The summed E-state index contributed by atoms with van der Waals surface area (Å²) in [5.41, 5.74) is 7.70. The number of allylic oxidation sites excluding steroid dienone is 2. The first-order chi connectivity index (χ1) is 5.20. The van der Waals surface area contributed by atoms with E-state index in [0.29, 0.717) is 4.32 Å². The molecule has 0 spiro atoms. The Balaban J connectivity index is 2.59. The predicted octanol–water partition coefficient (Wildman–Crippen LogP) is 1.15. The van der Waals surface area contributed by atoms with Crippen LogP contribution in [0, 0.1) is 0 Å². The van der Waals surface area contributed by atoms with Gasteiger partial charge >= 0.3 is 0 Å². The molecule has 0 aliphatic heterocycles. The number of nitrogens with two attached hydrogens (primary N) is 1. The fourth-order valence-corrected chi connectivity index (χ4v) is 1.44. The zero-order chi connectivity index (χ0) is 8.27. The number of rotatable bonds is 1. The van der Waals surface area contributed by atoms with E-state index in [0.717, 1.165) is 24.2 Å². The summed E-state index contributed by atoms with van der Waals surface area (Å²) in [6, 6.07) is 0. The molecule has 0 bridgehead atoms. The normalized spacial score (nSPS) is 18.2. The van der Waals surface area contributed by atoms with Crippen molar-refractivity contribution in [1.29, 1.82) is 0 Å². The van der Waals surface area contributed by atoms with E-state index in [9.17, 15) is 0 Å². The number of hydrogen-bond acceptors (Lipinski definition) is 3. The maximum atomic E-state index is 5.74. The lowest BCUT2D eigenvalue weighted by molar-refractivity contribution is 0.649. The minimum absolute atomic E-state index is 0.393. The Morgan fingerprint density at radius 1 is 1.45 bits per heavy atom. The lowest BCUT2D eigenvalue weighted by Crippen LogP contribution is -2.24. The third-order valence-corrected chi connectivity index (χ3v) is 1.97. The second kappa shape index (κ2) is 3.88. The fourth-order valence-electron chi connectivity index (χ4n) is 1.19. The summed E-state index contributed by atoms with van der Waals surface area (Å²) < 4.78 is 0.393. The summed E-state index contributed by atoms with van der Waals surface area (Å²) in [7, 11) is 0. The minimum atomic E-state index is 0.393. The molecule has 0 aromatic rings. The van der Waals surface area contributed by atoms with Crippen LogP contribution in [0.25, 0.3) is 0 Å². The van der Waals surface area contributed by atoms with E-state index in [1.165, 1.54) is 12.8 Å². The van der Waals surface area contributed by atoms with Crippen LogP contribution in [0.1, 0.15) is 25.7 Å². The first kappa shape index (κ1) is 8.74. The third kappa shape index (κ3) is 2.63. The lowest BCUT2D eigenvalue weighted by Gasteiger charge is -2.20. The molecule has 0 unspecified atom stereocenters. The van der Waals surface area contributed by atoms with Crippen molar-refractivity contribution in [3.8, 4) is 0 Å². The van der Waals surface area contributed by atoms with Crippen molar-refractivity contribution in [1.82, 2.24) is 5.32 Å². The van der Waals surface area contributed by atoms with Crippen LogP contribution in [0.2, 0.25) is 0 Å². The van der Waals surface area contributed by atoms with Crippen LogP contribution in [0.5, 0.6) is 0 Å². The van der Waals surface area contributed by atoms with Crippen LogP contribution < -0.4 is 11.1 Å². The molecule has 0 heterocycles. The van der Waals surface area contributed by atoms with Crippen molar-refractivity contribution in [2.24, 2.45) is 5.73 Å². The number of nitrogens with one attached hydrogen (secondary N) is 1. The quantitative estimate of drug-likeness (QED) is 0.477. The Morgan fingerprint density at radius 2 is 2.09 bits per heavy atom. The van der Waals surface area contributed by atoms with E-state index >= 15 is 0 Å². The topological polar surface area (TPSA) is 38.0 Å². The average molecular weight is 187 g/mol. The molecule has 0 aromatic heterocycles. The Kier molecular flexibility index (Phi) is 3.08. The van der Waals surface area contributed by atoms with Gasteiger partial charge in [0.25, 0.3) is 0 Å². The van der Waals surface area contributed by atoms with Crippen molar-refractivity contribution in [2.45, 2.75) is 25.7 Å². The monoisotopic (exact) mass is 187 g/mol. The molecule has 1 aliphatic rings. The van der Waals surface area contributed by atoms with Gasteiger partial charge in [-0.2, -0.15) is 0 Å². The van der Waals surface area contributed by atoms with E-state index in [4.69, 9.17) is 30.6 Å². The van der Waals surface area contributed by atoms with Crippen LogP contribution >= 0.6 is 12.2 Å². The molecule has 2 nitrogen and oxygen atoms in total. The second-order valence-electron chi connectivity index (χ2n) is 2.62. The molecule has 0 fully saturated rings. The van der Waals surface area contributed by atoms with Crippen molar-refractivity contribution in [3.63, 3.8) is 0 Å². The predicted molar refractivity (Wildman–Crippen MR) is 52.8 cm³/mol. The average Bonchev–Trinajstić information content (AvgIpc) is 1.93. The first-order valence-corrected chi connectivity index (χ1v) is 4.47. The highest BCUT2D eigenvalue weighted by molar-refractivity contribution is 8.00.